The number of hydrogen-bond donors (Lipinski definition) is 1. The summed E-state index contributed by atoms with van der Waals surface area (Å²) in [6.07, 6.45) is 5.45. The van der Waals surface area contributed by atoms with Crippen LogP contribution < -0.4 is 5.32 Å². The smallest absolute Gasteiger partial charge is 0.0492 e. The Hall–Kier alpha value is -0.870. The van der Waals surface area contributed by atoms with Crippen LogP contribution in [0.5, 0.6) is 0 Å². The molecule has 4 nitrogen and oxygen atoms in total. The van der Waals surface area contributed by atoms with Gasteiger partial charge in [0.25, 0.3) is 0 Å². The van der Waals surface area contributed by atoms with Crippen molar-refractivity contribution in [1.82, 2.24) is 20.0 Å². The first kappa shape index (κ1) is 16.2. The van der Waals surface area contributed by atoms with Gasteiger partial charge in [-0.2, -0.15) is 5.10 Å². The lowest BCUT2D eigenvalue weighted by atomic mass is 10.1. The molecule has 0 aliphatic heterocycles. The molecule has 4 heteroatoms. The predicted molar refractivity (Wildman–Crippen MR) is 81.4 cm³/mol. The Bertz CT molecular complexity index is 331. The Kier molecular flexibility index (Phi) is 7.75. The third kappa shape index (κ3) is 6.21. The van der Waals surface area contributed by atoms with Crippen LogP contribution in [0.3, 0.4) is 0 Å². The van der Waals surface area contributed by atoms with E-state index in [-0.39, 0.29) is 0 Å². The summed E-state index contributed by atoms with van der Waals surface area (Å²) in [6, 6.07) is 2.69. The largest absolute Gasteiger partial charge is 0.314 e. The van der Waals surface area contributed by atoms with Crippen molar-refractivity contribution < 1.29 is 0 Å². The number of nitrogens with zero attached hydrogens (tertiary/aromatic N) is 3. The van der Waals surface area contributed by atoms with Crippen molar-refractivity contribution in [2.24, 2.45) is 7.05 Å². The summed E-state index contributed by atoms with van der Waals surface area (Å²) in [7, 11) is 2.00. The maximum absolute atomic E-state index is 4.19. The van der Waals surface area contributed by atoms with Gasteiger partial charge in [-0.1, -0.05) is 13.8 Å². The molecule has 1 heterocycles. The van der Waals surface area contributed by atoms with E-state index in [1.165, 1.54) is 38.2 Å². The zero-order chi connectivity index (χ0) is 14.1. The number of nitrogens with one attached hydrogen (secondary N) is 1. The standard InChI is InChI=1S/C15H30N4/c1-5-19(6-2)13-7-8-14(3)16-11-9-15-10-12-17-18(15)4/h10,12,14,16H,5-9,11,13H2,1-4H3. The van der Waals surface area contributed by atoms with Crippen molar-refractivity contribution >= 4 is 0 Å². The molecule has 19 heavy (non-hydrogen) atoms. The van der Waals surface area contributed by atoms with Crippen molar-refractivity contribution in [2.45, 2.75) is 46.1 Å². The first-order chi connectivity index (χ1) is 9.17. The summed E-state index contributed by atoms with van der Waals surface area (Å²) in [5.74, 6) is 0. The molecule has 0 aromatic carbocycles. The fourth-order valence-electron chi connectivity index (χ4n) is 2.36. The van der Waals surface area contributed by atoms with E-state index in [1.54, 1.807) is 0 Å². The molecule has 1 atom stereocenters. The summed E-state index contributed by atoms with van der Waals surface area (Å²) >= 11 is 0. The fraction of sp³-hybridized carbons (Fsp3) is 0.800. The van der Waals surface area contributed by atoms with Crippen LogP contribution in [0.15, 0.2) is 12.3 Å². The van der Waals surface area contributed by atoms with Gasteiger partial charge in [0.2, 0.25) is 0 Å². The third-order valence-electron chi connectivity index (χ3n) is 3.80. The highest BCUT2D eigenvalue weighted by Crippen LogP contribution is 2.01. The van der Waals surface area contributed by atoms with E-state index in [4.69, 9.17) is 0 Å². The van der Waals surface area contributed by atoms with Crippen LogP contribution in [0.1, 0.15) is 39.3 Å². The Morgan fingerprint density at radius 1 is 1.37 bits per heavy atom. The van der Waals surface area contributed by atoms with Gasteiger partial charge in [0.1, 0.15) is 0 Å². The van der Waals surface area contributed by atoms with Gasteiger partial charge in [0.05, 0.1) is 0 Å². The molecule has 0 saturated carbocycles. The zero-order valence-electron chi connectivity index (χ0n) is 13.0. The summed E-state index contributed by atoms with van der Waals surface area (Å²) in [6.45, 7) is 11.3. The van der Waals surface area contributed by atoms with Gasteiger partial charge in [-0.05, 0) is 45.5 Å². The molecule has 0 aliphatic rings. The molecule has 0 saturated heterocycles. The normalized spacial score (nSPS) is 13.1. The molecule has 0 fully saturated rings. The predicted octanol–water partition coefficient (Wildman–Crippen LogP) is 2.06. The summed E-state index contributed by atoms with van der Waals surface area (Å²) in [4.78, 5) is 2.49. The molecular formula is C15H30N4. The van der Waals surface area contributed by atoms with Crippen molar-refractivity contribution in [3.05, 3.63) is 18.0 Å². The van der Waals surface area contributed by atoms with Crippen molar-refractivity contribution in [1.29, 1.82) is 0 Å². The minimum atomic E-state index is 0.601. The first-order valence-electron chi connectivity index (χ1n) is 7.60. The lowest BCUT2D eigenvalue weighted by Crippen LogP contribution is -2.30. The molecule has 1 unspecified atom stereocenters. The average Bonchev–Trinajstić information content (AvgIpc) is 2.80. The molecule has 1 N–H and O–H groups in total. The molecule has 0 amide bonds. The Morgan fingerprint density at radius 2 is 2.11 bits per heavy atom. The summed E-state index contributed by atoms with van der Waals surface area (Å²) in [5, 5.41) is 7.78. The lowest BCUT2D eigenvalue weighted by Gasteiger charge is -2.19. The van der Waals surface area contributed by atoms with Gasteiger partial charge in [-0.3, -0.25) is 4.68 Å². The highest BCUT2D eigenvalue weighted by atomic mass is 15.3. The third-order valence-corrected chi connectivity index (χ3v) is 3.80. The molecule has 1 aromatic rings. The highest BCUT2D eigenvalue weighted by Gasteiger charge is 2.04. The second-order valence-electron chi connectivity index (χ2n) is 5.22. The Morgan fingerprint density at radius 3 is 2.68 bits per heavy atom. The Labute approximate surface area is 118 Å². The summed E-state index contributed by atoms with van der Waals surface area (Å²) in [5.41, 5.74) is 1.29. The first-order valence-corrected chi connectivity index (χ1v) is 7.60. The van der Waals surface area contributed by atoms with Crippen molar-refractivity contribution in [3.63, 3.8) is 0 Å². The van der Waals surface area contributed by atoms with E-state index in [0.717, 1.165) is 13.0 Å². The van der Waals surface area contributed by atoms with Crippen LogP contribution in [0.4, 0.5) is 0 Å². The van der Waals surface area contributed by atoms with E-state index in [0.29, 0.717) is 6.04 Å². The second-order valence-corrected chi connectivity index (χ2v) is 5.22. The van der Waals surface area contributed by atoms with Crippen LogP contribution in [-0.4, -0.2) is 46.9 Å². The van der Waals surface area contributed by atoms with Gasteiger partial charge in [0.15, 0.2) is 0 Å². The number of rotatable bonds is 10. The molecule has 0 bridgehead atoms. The maximum atomic E-state index is 4.19. The zero-order valence-corrected chi connectivity index (χ0v) is 13.0. The lowest BCUT2D eigenvalue weighted by molar-refractivity contribution is 0.290. The average molecular weight is 266 g/mol. The van der Waals surface area contributed by atoms with Crippen LogP contribution in [-0.2, 0) is 13.5 Å². The van der Waals surface area contributed by atoms with Crippen LogP contribution >= 0.6 is 0 Å². The van der Waals surface area contributed by atoms with Gasteiger partial charge >= 0.3 is 0 Å². The monoisotopic (exact) mass is 266 g/mol. The molecule has 0 radical (unpaired) electrons. The SMILES string of the molecule is CCN(CC)CCCC(C)NCCc1ccnn1C. The van der Waals surface area contributed by atoms with Gasteiger partial charge < -0.3 is 10.2 Å². The van der Waals surface area contributed by atoms with E-state index in [2.05, 4.69) is 42.2 Å². The minimum Gasteiger partial charge on any atom is -0.314 e. The summed E-state index contributed by atoms with van der Waals surface area (Å²) < 4.78 is 1.95. The van der Waals surface area contributed by atoms with Gasteiger partial charge in [0, 0.05) is 37.9 Å². The number of aromatic nitrogens is 2. The van der Waals surface area contributed by atoms with E-state index >= 15 is 0 Å². The number of aryl methyl sites for hydroxylation is 1. The Balaban J connectivity index is 2.08. The van der Waals surface area contributed by atoms with Crippen molar-refractivity contribution in [2.75, 3.05) is 26.2 Å². The maximum Gasteiger partial charge on any atom is 0.0492 e. The molecule has 0 aliphatic carbocycles. The van der Waals surface area contributed by atoms with Gasteiger partial charge in [-0.15, -0.1) is 0 Å². The number of hydrogen-bond acceptors (Lipinski definition) is 3. The molecule has 1 rings (SSSR count). The quantitative estimate of drug-likeness (QED) is 0.704. The topological polar surface area (TPSA) is 33.1 Å². The van der Waals surface area contributed by atoms with Crippen LogP contribution in [0.2, 0.25) is 0 Å². The van der Waals surface area contributed by atoms with E-state index < -0.39 is 0 Å². The minimum absolute atomic E-state index is 0.601. The van der Waals surface area contributed by atoms with Crippen LogP contribution in [0, 0.1) is 0 Å². The fourth-order valence-corrected chi connectivity index (χ4v) is 2.36. The van der Waals surface area contributed by atoms with Crippen molar-refractivity contribution in [3.8, 4) is 0 Å². The molecule has 1 aromatic heterocycles. The van der Waals surface area contributed by atoms with Gasteiger partial charge in [-0.25, -0.2) is 0 Å². The highest BCUT2D eigenvalue weighted by molar-refractivity contribution is 5.00. The van der Waals surface area contributed by atoms with Crippen LogP contribution in [0.25, 0.3) is 0 Å². The molecule has 110 valence electrons. The van der Waals surface area contributed by atoms with E-state index in [9.17, 15) is 0 Å². The van der Waals surface area contributed by atoms with E-state index in [1.807, 2.05) is 17.9 Å². The molecular weight excluding hydrogens is 236 g/mol. The molecule has 0 spiro atoms. The second kappa shape index (κ2) is 9.10.